The third kappa shape index (κ3) is 3.03. The average Bonchev–Trinajstić information content (AvgIpc) is 2.45. The van der Waals surface area contributed by atoms with Gasteiger partial charge >= 0.3 is 0 Å². The van der Waals surface area contributed by atoms with Gasteiger partial charge < -0.3 is 14.4 Å². The third-order valence-corrected chi connectivity index (χ3v) is 4.04. The van der Waals surface area contributed by atoms with Crippen LogP contribution in [0.3, 0.4) is 0 Å². The summed E-state index contributed by atoms with van der Waals surface area (Å²) < 4.78 is 10.6. The highest BCUT2D eigenvalue weighted by atomic mass is 79.9. The van der Waals surface area contributed by atoms with Gasteiger partial charge in [0.15, 0.2) is 0 Å². The first-order chi connectivity index (χ1) is 9.17. The van der Waals surface area contributed by atoms with Crippen molar-refractivity contribution in [1.29, 1.82) is 0 Å². The van der Waals surface area contributed by atoms with Crippen molar-refractivity contribution >= 4 is 21.8 Å². The Morgan fingerprint density at radius 1 is 1.32 bits per heavy atom. The Bertz CT molecular complexity index is 442. The van der Waals surface area contributed by atoms with Gasteiger partial charge in [-0.2, -0.15) is 0 Å². The standard InChI is InChI=1S/C14H18BrNO3/c1-18-11-6-3-7-12(19-2)13(11)14(17)16-8-4-5-10(15)9-16/h3,6-7,10H,4-5,8-9H2,1-2H3. The molecule has 19 heavy (non-hydrogen) atoms. The fourth-order valence-electron chi connectivity index (χ4n) is 2.33. The summed E-state index contributed by atoms with van der Waals surface area (Å²) in [5.41, 5.74) is 0.508. The van der Waals surface area contributed by atoms with Crippen LogP contribution in [0, 0.1) is 0 Å². The number of likely N-dealkylation sites (tertiary alicyclic amines) is 1. The molecule has 0 bridgehead atoms. The Kier molecular flexibility index (Phi) is 4.69. The van der Waals surface area contributed by atoms with E-state index in [1.165, 1.54) is 0 Å². The van der Waals surface area contributed by atoms with E-state index in [0.29, 0.717) is 21.9 Å². The largest absolute Gasteiger partial charge is 0.496 e. The first kappa shape index (κ1) is 14.2. The summed E-state index contributed by atoms with van der Waals surface area (Å²) in [4.78, 5) is 14.9. The maximum Gasteiger partial charge on any atom is 0.261 e. The van der Waals surface area contributed by atoms with Crippen molar-refractivity contribution in [2.45, 2.75) is 17.7 Å². The minimum absolute atomic E-state index is 0.0292. The van der Waals surface area contributed by atoms with E-state index in [4.69, 9.17) is 9.47 Å². The normalized spacial score (nSPS) is 19.1. The third-order valence-electron chi connectivity index (χ3n) is 3.29. The molecule has 0 aliphatic carbocycles. The first-order valence-electron chi connectivity index (χ1n) is 6.31. The van der Waals surface area contributed by atoms with E-state index in [0.717, 1.165) is 25.9 Å². The zero-order valence-electron chi connectivity index (χ0n) is 11.2. The molecule has 0 saturated carbocycles. The van der Waals surface area contributed by atoms with Gasteiger partial charge in [-0.15, -0.1) is 0 Å². The van der Waals surface area contributed by atoms with Crippen LogP contribution in [0.5, 0.6) is 11.5 Å². The van der Waals surface area contributed by atoms with Crippen LogP contribution in [0.2, 0.25) is 0 Å². The van der Waals surface area contributed by atoms with Crippen LogP contribution in [0.25, 0.3) is 0 Å². The molecule has 1 unspecified atom stereocenters. The molecule has 0 radical (unpaired) electrons. The zero-order valence-corrected chi connectivity index (χ0v) is 12.8. The summed E-state index contributed by atoms with van der Waals surface area (Å²) in [5, 5.41) is 0. The second kappa shape index (κ2) is 6.28. The number of carbonyl (C=O) groups excluding carboxylic acids is 1. The molecule has 1 aromatic carbocycles. The number of nitrogens with zero attached hydrogens (tertiary/aromatic N) is 1. The minimum Gasteiger partial charge on any atom is -0.496 e. The fraction of sp³-hybridized carbons (Fsp3) is 0.500. The van der Waals surface area contributed by atoms with E-state index in [1.807, 2.05) is 11.0 Å². The van der Waals surface area contributed by atoms with Gasteiger partial charge in [0.2, 0.25) is 0 Å². The number of hydrogen-bond donors (Lipinski definition) is 0. The van der Waals surface area contributed by atoms with Gasteiger partial charge in [-0.1, -0.05) is 22.0 Å². The summed E-state index contributed by atoms with van der Waals surface area (Å²) in [5.74, 6) is 1.08. The quantitative estimate of drug-likeness (QED) is 0.801. The number of rotatable bonds is 3. The number of amides is 1. The molecule has 1 fully saturated rings. The monoisotopic (exact) mass is 327 g/mol. The Balaban J connectivity index is 2.31. The van der Waals surface area contributed by atoms with Crippen molar-refractivity contribution < 1.29 is 14.3 Å². The number of hydrogen-bond acceptors (Lipinski definition) is 3. The summed E-state index contributed by atoms with van der Waals surface area (Å²) >= 11 is 3.58. The molecule has 0 aromatic heterocycles. The molecule has 1 aliphatic rings. The Morgan fingerprint density at radius 3 is 2.47 bits per heavy atom. The molecule has 0 spiro atoms. The van der Waals surface area contributed by atoms with Crippen molar-refractivity contribution in [3.63, 3.8) is 0 Å². The highest BCUT2D eigenvalue weighted by molar-refractivity contribution is 9.09. The number of halogens is 1. The molecule has 5 heteroatoms. The number of alkyl halides is 1. The van der Waals surface area contributed by atoms with Crippen molar-refractivity contribution in [2.75, 3.05) is 27.3 Å². The molecule has 104 valence electrons. The lowest BCUT2D eigenvalue weighted by Crippen LogP contribution is -2.40. The summed E-state index contributed by atoms with van der Waals surface area (Å²) in [6.07, 6.45) is 2.12. The van der Waals surface area contributed by atoms with Crippen LogP contribution >= 0.6 is 15.9 Å². The zero-order chi connectivity index (χ0) is 13.8. The number of ether oxygens (including phenoxy) is 2. The molecule has 1 atom stereocenters. The van der Waals surface area contributed by atoms with E-state index < -0.39 is 0 Å². The molecule has 4 nitrogen and oxygen atoms in total. The highest BCUT2D eigenvalue weighted by Crippen LogP contribution is 2.30. The van der Waals surface area contributed by atoms with E-state index in [2.05, 4.69) is 15.9 Å². The lowest BCUT2D eigenvalue weighted by atomic mass is 10.1. The summed E-state index contributed by atoms with van der Waals surface area (Å²) in [6, 6.07) is 5.38. The number of benzene rings is 1. The van der Waals surface area contributed by atoms with Gasteiger partial charge in [-0.3, -0.25) is 4.79 Å². The number of carbonyl (C=O) groups is 1. The fourth-order valence-corrected chi connectivity index (χ4v) is 3.00. The summed E-state index contributed by atoms with van der Waals surface area (Å²) in [7, 11) is 3.13. The van der Waals surface area contributed by atoms with Crippen molar-refractivity contribution in [3.8, 4) is 11.5 Å². The Labute approximate surface area is 121 Å². The maximum absolute atomic E-state index is 12.6. The lowest BCUT2D eigenvalue weighted by molar-refractivity contribution is 0.0723. The SMILES string of the molecule is COc1cccc(OC)c1C(=O)N1CCCC(Br)C1. The number of methoxy groups -OCH3 is 2. The smallest absolute Gasteiger partial charge is 0.261 e. The molecule has 1 heterocycles. The van der Waals surface area contributed by atoms with E-state index in [1.54, 1.807) is 26.4 Å². The molecule has 0 N–H and O–H groups in total. The Morgan fingerprint density at radius 2 is 1.95 bits per heavy atom. The molecule has 1 saturated heterocycles. The van der Waals surface area contributed by atoms with Crippen LogP contribution in [0.4, 0.5) is 0 Å². The second-order valence-corrected chi connectivity index (χ2v) is 5.82. The molecular formula is C14H18BrNO3. The van der Waals surface area contributed by atoms with Gasteiger partial charge in [0.25, 0.3) is 5.91 Å². The van der Waals surface area contributed by atoms with Gasteiger partial charge in [-0.05, 0) is 25.0 Å². The van der Waals surface area contributed by atoms with E-state index >= 15 is 0 Å². The summed E-state index contributed by atoms with van der Waals surface area (Å²) in [6.45, 7) is 1.50. The second-order valence-electron chi connectivity index (χ2n) is 4.53. The lowest BCUT2D eigenvalue weighted by Gasteiger charge is -2.30. The first-order valence-corrected chi connectivity index (χ1v) is 7.23. The molecular weight excluding hydrogens is 310 g/mol. The van der Waals surface area contributed by atoms with Crippen LogP contribution in [-0.4, -0.2) is 42.9 Å². The van der Waals surface area contributed by atoms with Crippen LogP contribution in [-0.2, 0) is 0 Å². The molecule has 1 aromatic rings. The van der Waals surface area contributed by atoms with Gasteiger partial charge in [-0.25, -0.2) is 0 Å². The number of piperidine rings is 1. The van der Waals surface area contributed by atoms with E-state index in [9.17, 15) is 4.79 Å². The van der Waals surface area contributed by atoms with E-state index in [-0.39, 0.29) is 5.91 Å². The predicted molar refractivity (Wildman–Crippen MR) is 77.4 cm³/mol. The van der Waals surface area contributed by atoms with Crippen molar-refractivity contribution in [1.82, 2.24) is 4.90 Å². The van der Waals surface area contributed by atoms with Crippen LogP contribution in [0.15, 0.2) is 18.2 Å². The van der Waals surface area contributed by atoms with Crippen molar-refractivity contribution in [2.24, 2.45) is 0 Å². The van der Waals surface area contributed by atoms with Gasteiger partial charge in [0.1, 0.15) is 17.1 Å². The molecule has 1 amide bonds. The minimum atomic E-state index is -0.0292. The Hall–Kier alpha value is -1.23. The maximum atomic E-state index is 12.6. The topological polar surface area (TPSA) is 38.8 Å². The van der Waals surface area contributed by atoms with Crippen molar-refractivity contribution in [3.05, 3.63) is 23.8 Å². The van der Waals surface area contributed by atoms with Crippen LogP contribution in [0.1, 0.15) is 23.2 Å². The van der Waals surface area contributed by atoms with Gasteiger partial charge in [0.05, 0.1) is 14.2 Å². The highest BCUT2D eigenvalue weighted by Gasteiger charge is 2.27. The molecule has 2 rings (SSSR count). The predicted octanol–water partition coefficient (Wildman–Crippen LogP) is 2.70. The average molecular weight is 328 g/mol. The van der Waals surface area contributed by atoms with Gasteiger partial charge in [0, 0.05) is 17.9 Å². The van der Waals surface area contributed by atoms with Crippen LogP contribution < -0.4 is 9.47 Å². The molecule has 1 aliphatic heterocycles.